The van der Waals surface area contributed by atoms with Crippen LogP contribution >= 0.6 is 11.3 Å². The van der Waals surface area contributed by atoms with Gasteiger partial charge < -0.3 is 25.6 Å². The van der Waals surface area contributed by atoms with Crippen LogP contribution in [0.25, 0.3) is 0 Å². The normalized spacial score (nSPS) is 21.3. The average molecular weight is 338 g/mol. The molecule has 0 radical (unpaired) electrons. The summed E-state index contributed by atoms with van der Waals surface area (Å²) in [6, 6.07) is 0. The van der Waals surface area contributed by atoms with E-state index in [1.807, 2.05) is 0 Å². The summed E-state index contributed by atoms with van der Waals surface area (Å²) in [4.78, 5) is 21.1. The number of amides is 1. The first-order valence-electron chi connectivity index (χ1n) is 7.11. The lowest BCUT2D eigenvalue weighted by Gasteiger charge is -2.28. The van der Waals surface area contributed by atoms with Gasteiger partial charge in [-0.1, -0.05) is 11.7 Å². The van der Waals surface area contributed by atoms with Crippen molar-refractivity contribution in [2.75, 3.05) is 12.8 Å². The molecule has 8 nitrogen and oxygen atoms in total. The number of nitrogen functional groups attached to an aromatic ring is 1. The topological polar surface area (TPSA) is 119 Å². The van der Waals surface area contributed by atoms with Gasteiger partial charge in [0.15, 0.2) is 10.8 Å². The number of carbonyl (C=O) groups excluding carboxylic acids is 1. The van der Waals surface area contributed by atoms with Crippen LogP contribution in [0.4, 0.5) is 5.13 Å². The van der Waals surface area contributed by atoms with Gasteiger partial charge in [0.2, 0.25) is 0 Å². The molecule has 1 fully saturated rings. The van der Waals surface area contributed by atoms with Crippen LogP contribution in [-0.2, 0) is 14.3 Å². The van der Waals surface area contributed by atoms with Crippen LogP contribution in [-0.4, -0.2) is 48.3 Å². The van der Waals surface area contributed by atoms with E-state index in [0.717, 1.165) is 12.8 Å². The Labute approximate surface area is 138 Å². The summed E-state index contributed by atoms with van der Waals surface area (Å²) in [5.74, 6) is -0.423. The molecule has 2 heterocycles. The number of nitrogens with zero attached hydrogens (tertiary/aromatic N) is 2. The molecule has 2 unspecified atom stereocenters. The fourth-order valence-electron chi connectivity index (χ4n) is 2.29. The summed E-state index contributed by atoms with van der Waals surface area (Å²) in [6.45, 7) is 3.46. The average Bonchev–Trinajstić information content (AvgIpc) is 2.92. The number of hydrogen-bond donors (Lipinski definition) is 3. The van der Waals surface area contributed by atoms with E-state index in [9.17, 15) is 9.90 Å². The third-order valence-electron chi connectivity index (χ3n) is 3.33. The molecule has 1 aromatic rings. The Bertz CT molecular complexity index is 599. The molecule has 1 amide bonds. The minimum atomic E-state index is -0.393. The third kappa shape index (κ3) is 4.97. The number of rotatable bonds is 6. The van der Waals surface area contributed by atoms with Crippen LogP contribution in [0.3, 0.4) is 0 Å². The van der Waals surface area contributed by atoms with E-state index in [0.29, 0.717) is 24.7 Å². The van der Waals surface area contributed by atoms with E-state index < -0.39 is 5.91 Å². The molecule has 23 heavy (non-hydrogen) atoms. The lowest BCUT2D eigenvalue weighted by Crippen LogP contribution is -2.47. The van der Waals surface area contributed by atoms with Crippen molar-refractivity contribution in [2.24, 2.45) is 5.16 Å². The van der Waals surface area contributed by atoms with E-state index in [4.69, 9.17) is 15.2 Å². The van der Waals surface area contributed by atoms with Crippen LogP contribution in [0.1, 0.15) is 25.0 Å². The standard InChI is InChI=1S/C13H19BN4O4S/c1-7(19)5-8-3-4-10(14-22-8)17-12(20)11(18-21-2)9-6-23-13(15)16-9/h6,8,10,14,19H,1,3-5H2,2H3,(H2,15,16)(H,17,20)/b18-11-. The largest absolute Gasteiger partial charge is 0.513 e. The molecule has 0 spiro atoms. The molecular weight excluding hydrogens is 319 g/mol. The molecular formula is C13H19BN4O4S. The maximum absolute atomic E-state index is 12.4. The predicted octanol–water partition coefficient (Wildman–Crippen LogP) is 0.510. The highest BCUT2D eigenvalue weighted by atomic mass is 32.1. The first-order chi connectivity index (χ1) is 11.0. The highest BCUT2D eigenvalue weighted by Gasteiger charge is 2.27. The molecule has 10 heteroatoms. The highest BCUT2D eigenvalue weighted by molar-refractivity contribution is 7.13. The van der Waals surface area contributed by atoms with Crippen molar-refractivity contribution in [3.05, 3.63) is 23.4 Å². The number of aliphatic hydroxyl groups is 1. The van der Waals surface area contributed by atoms with Gasteiger partial charge in [-0.2, -0.15) is 0 Å². The fourth-order valence-corrected chi connectivity index (χ4v) is 2.84. The van der Waals surface area contributed by atoms with Gasteiger partial charge >= 0.3 is 0 Å². The van der Waals surface area contributed by atoms with E-state index in [1.54, 1.807) is 5.38 Å². The first-order valence-corrected chi connectivity index (χ1v) is 7.99. The highest BCUT2D eigenvalue weighted by Crippen LogP contribution is 2.18. The smallest absolute Gasteiger partial charge is 0.297 e. The van der Waals surface area contributed by atoms with Crippen molar-refractivity contribution >= 4 is 35.6 Å². The van der Waals surface area contributed by atoms with Crippen LogP contribution in [0.15, 0.2) is 22.9 Å². The third-order valence-corrected chi connectivity index (χ3v) is 4.00. The molecule has 1 aliphatic heterocycles. The SMILES string of the molecule is C=C(O)CC1CCC(NC(=O)/C(=N\OC)c2csc(N)n2)BO1. The van der Waals surface area contributed by atoms with Gasteiger partial charge in [0.1, 0.15) is 12.8 Å². The molecule has 4 N–H and O–H groups in total. The Balaban J connectivity index is 1.93. The second-order valence-electron chi connectivity index (χ2n) is 5.17. The van der Waals surface area contributed by atoms with Gasteiger partial charge in [0.05, 0.1) is 5.76 Å². The number of thiazole rings is 1. The van der Waals surface area contributed by atoms with Crippen molar-refractivity contribution in [1.82, 2.24) is 10.3 Å². The first kappa shape index (κ1) is 17.3. The zero-order chi connectivity index (χ0) is 16.8. The molecule has 0 aliphatic carbocycles. The molecule has 0 aromatic carbocycles. The van der Waals surface area contributed by atoms with Crippen LogP contribution in [0, 0.1) is 0 Å². The quantitative estimate of drug-likeness (QED) is 0.301. The molecule has 0 saturated carbocycles. The molecule has 0 bridgehead atoms. The van der Waals surface area contributed by atoms with Crippen LogP contribution in [0.5, 0.6) is 0 Å². The number of carbonyl (C=O) groups is 1. The maximum Gasteiger partial charge on any atom is 0.297 e. The number of nitrogens with two attached hydrogens (primary N) is 1. The second kappa shape index (κ2) is 7.98. The number of aliphatic hydroxyl groups excluding tert-OH is 1. The van der Waals surface area contributed by atoms with Crippen LogP contribution in [0.2, 0.25) is 0 Å². The van der Waals surface area contributed by atoms with Gasteiger partial charge in [0, 0.05) is 23.8 Å². The maximum atomic E-state index is 12.4. The van der Waals surface area contributed by atoms with Crippen molar-refractivity contribution in [2.45, 2.75) is 31.3 Å². The number of oxime groups is 1. The van der Waals surface area contributed by atoms with E-state index in [1.165, 1.54) is 18.4 Å². The van der Waals surface area contributed by atoms with Gasteiger partial charge in [-0.05, 0) is 12.8 Å². The monoisotopic (exact) mass is 338 g/mol. The molecule has 1 aromatic heterocycles. The summed E-state index contributed by atoms with van der Waals surface area (Å²) >= 11 is 1.22. The Morgan fingerprint density at radius 2 is 2.52 bits per heavy atom. The fraction of sp³-hybridized carbons (Fsp3) is 0.462. The Morgan fingerprint density at radius 1 is 1.74 bits per heavy atom. The van der Waals surface area contributed by atoms with E-state index >= 15 is 0 Å². The van der Waals surface area contributed by atoms with Gasteiger partial charge in [0.25, 0.3) is 13.4 Å². The van der Waals surface area contributed by atoms with Crippen molar-refractivity contribution in [1.29, 1.82) is 0 Å². The number of anilines is 1. The Hall–Kier alpha value is -2.07. The molecule has 2 rings (SSSR count). The zero-order valence-electron chi connectivity index (χ0n) is 12.8. The molecule has 2 atom stereocenters. The Morgan fingerprint density at radius 3 is 3.04 bits per heavy atom. The summed E-state index contributed by atoms with van der Waals surface area (Å²) in [5, 5.41) is 17.8. The van der Waals surface area contributed by atoms with Crippen LogP contribution < -0.4 is 11.1 Å². The second-order valence-corrected chi connectivity index (χ2v) is 6.06. The zero-order valence-corrected chi connectivity index (χ0v) is 13.6. The van der Waals surface area contributed by atoms with Gasteiger partial charge in [-0.3, -0.25) is 4.79 Å². The summed E-state index contributed by atoms with van der Waals surface area (Å²) in [6.07, 6.45) is 1.81. The summed E-state index contributed by atoms with van der Waals surface area (Å²) in [7, 11) is 1.72. The minimum absolute atomic E-state index is 0.0638. The predicted molar refractivity (Wildman–Crippen MR) is 89.6 cm³/mol. The van der Waals surface area contributed by atoms with E-state index in [2.05, 4.69) is 22.0 Å². The molecule has 124 valence electrons. The summed E-state index contributed by atoms with van der Waals surface area (Å²) < 4.78 is 5.61. The minimum Gasteiger partial charge on any atom is -0.513 e. The van der Waals surface area contributed by atoms with Gasteiger partial charge in [-0.15, -0.1) is 11.3 Å². The van der Waals surface area contributed by atoms with Crippen molar-refractivity contribution in [3.8, 4) is 0 Å². The Kier molecular flexibility index (Phi) is 6.00. The molecule has 1 saturated heterocycles. The van der Waals surface area contributed by atoms with Gasteiger partial charge in [-0.25, -0.2) is 4.98 Å². The van der Waals surface area contributed by atoms with E-state index in [-0.39, 0.29) is 23.5 Å². The van der Waals surface area contributed by atoms with Crippen molar-refractivity contribution in [3.63, 3.8) is 0 Å². The summed E-state index contributed by atoms with van der Waals surface area (Å²) in [5.41, 5.74) is 6.03. The lowest BCUT2D eigenvalue weighted by atomic mass is 9.79. The number of aromatic nitrogens is 1. The molecule has 1 aliphatic rings. The number of hydrogen-bond acceptors (Lipinski definition) is 8. The lowest BCUT2D eigenvalue weighted by molar-refractivity contribution is -0.115. The van der Waals surface area contributed by atoms with Crippen molar-refractivity contribution < 1.29 is 19.4 Å². The number of nitrogens with one attached hydrogen (secondary N) is 1.